The van der Waals surface area contributed by atoms with Crippen molar-refractivity contribution in [1.82, 2.24) is 14.3 Å². The van der Waals surface area contributed by atoms with Gasteiger partial charge in [0.2, 0.25) is 0 Å². The smallest absolute Gasteiger partial charge is 0.258 e. The highest BCUT2D eigenvalue weighted by Crippen LogP contribution is 2.13. The molecular weight excluding hydrogens is 266 g/mol. The van der Waals surface area contributed by atoms with E-state index in [4.69, 9.17) is 4.74 Å². The van der Waals surface area contributed by atoms with Crippen molar-refractivity contribution in [3.05, 3.63) is 46.0 Å². The molecule has 3 rings (SSSR count). The number of aryl methyl sites for hydroxylation is 1. The second kappa shape index (κ2) is 5.58. The Hall–Kier alpha value is -1.72. The Bertz CT molecular complexity index is 700. The predicted octanol–water partition coefficient (Wildman–Crippen LogP) is 1.61. The molecule has 5 nitrogen and oxygen atoms in total. The normalized spacial score (nSPS) is 23.6. The van der Waals surface area contributed by atoms with Gasteiger partial charge in [0.05, 0.1) is 17.9 Å². The van der Waals surface area contributed by atoms with E-state index in [1.54, 1.807) is 16.7 Å². The van der Waals surface area contributed by atoms with Gasteiger partial charge in [0.25, 0.3) is 5.56 Å². The van der Waals surface area contributed by atoms with Crippen LogP contribution in [0.25, 0.3) is 5.65 Å². The first-order valence-electron chi connectivity index (χ1n) is 7.38. The summed E-state index contributed by atoms with van der Waals surface area (Å²) in [5, 5.41) is 0. The minimum absolute atomic E-state index is 0.0203. The Morgan fingerprint density at radius 1 is 1.33 bits per heavy atom. The molecule has 0 aromatic carbocycles. The highest BCUT2D eigenvalue weighted by molar-refractivity contribution is 5.46. The SMILES string of the molecule is Cc1cccn2c(=O)cc(CN3C[C@@H](C)O[C@H](C)C3)nc12. The van der Waals surface area contributed by atoms with Crippen molar-refractivity contribution in [1.29, 1.82) is 0 Å². The summed E-state index contributed by atoms with van der Waals surface area (Å²) in [6.45, 7) is 8.58. The van der Waals surface area contributed by atoms with Crippen LogP contribution >= 0.6 is 0 Å². The number of pyridine rings is 1. The van der Waals surface area contributed by atoms with Gasteiger partial charge in [-0.25, -0.2) is 4.98 Å². The number of ether oxygens (including phenoxy) is 1. The van der Waals surface area contributed by atoms with Gasteiger partial charge in [0, 0.05) is 31.9 Å². The van der Waals surface area contributed by atoms with Gasteiger partial charge in [0.1, 0.15) is 5.65 Å². The highest BCUT2D eigenvalue weighted by Gasteiger charge is 2.22. The fraction of sp³-hybridized carbons (Fsp3) is 0.500. The molecule has 0 bridgehead atoms. The van der Waals surface area contributed by atoms with Crippen molar-refractivity contribution >= 4 is 5.65 Å². The van der Waals surface area contributed by atoms with Crippen molar-refractivity contribution < 1.29 is 4.74 Å². The maximum absolute atomic E-state index is 12.2. The zero-order valence-electron chi connectivity index (χ0n) is 12.7. The molecule has 2 aromatic rings. The van der Waals surface area contributed by atoms with Crippen LogP contribution in [-0.2, 0) is 11.3 Å². The second-order valence-corrected chi connectivity index (χ2v) is 5.92. The minimum atomic E-state index is -0.0203. The molecule has 1 saturated heterocycles. The van der Waals surface area contributed by atoms with Crippen molar-refractivity contribution in [2.24, 2.45) is 0 Å². The van der Waals surface area contributed by atoms with Crippen LogP contribution < -0.4 is 5.56 Å². The summed E-state index contributed by atoms with van der Waals surface area (Å²) in [6.07, 6.45) is 2.20. The molecule has 0 amide bonds. The standard InChI is InChI=1S/C16H21N3O2/c1-11-5-4-6-19-15(20)7-14(17-16(11)19)10-18-8-12(2)21-13(3)9-18/h4-7,12-13H,8-10H2,1-3H3/t12-,13-/m1/s1. The van der Waals surface area contributed by atoms with E-state index in [2.05, 4.69) is 23.7 Å². The monoisotopic (exact) mass is 287 g/mol. The van der Waals surface area contributed by atoms with E-state index in [0.29, 0.717) is 6.54 Å². The van der Waals surface area contributed by atoms with Crippen LogP contribution in [0, 0.1) is 6.92 Å². The van der Waals surface area contributed by atoms with Gasteiger partial charge < -0.3 is 4.74 Å². The van der Waals surface area contributed by atoms with Gasteiger partial charge >= 0.3 is 0 Å². The Kier molecular flexibility index (Phi) is 3.78. The van der Waals surface area contributed by atoms with Crippen LogP contribution in [0.2, 0.25) is 0 Å². The largest absolute Gasteiger partial charge is 0.373 e. The molecule has 2 aromatic heterocycles. The number of rotatable bonds is 2. The highest BCUT2D eigenvalue weighted by atomic mass is 16.5. The Morgan fingerprint density at radius 2 is 2.05 bits per heavy atom. The third kappa shape index (κ3) is 2.99. The van der Waals surface area contributed by atoms with Crippen molar-refractivity contribution in [2.75, 3.05) is 13.1 Å². The zero-order valence-corrected chi connectivity index (χ0v) is 12.7. The first-order chi connectivity index (χ1) is 10.0. The summed E-state index contributed by atoms with van der Waals surface area (Å²) in [5.41, 5.74) is 2.57. The van der Waals surface area contributed by atoms with E-state index in [1.807, 2.05) is 19.1 Å². The predicted molar refractivity (Wildman–Crippen MR) is 81.5 cm³/mol. The molecule has 0 N–H and O–H groups in total. The molecule has 5 heteroatoms. The molecule has 21 heavy (non-hydrogen) atoms. The van der Waals surface area contributed by atoms with E-state index in [-0.39, 0.29) is 17.8 Å². The number of fused-ring (bicyclic) bond motifs is 1. The molecule has 0 radical (unpaired) electrons. The number of nitrogens with zero attached hydrogens (tertiary/aromatic N) is 3. The summed E-state index contributed by atoms with van der Waals surface area (Å²) in [7, 11) is 0. The first kappa shape index (κ1) is 14.2. The molecule has 0 unspecified atom stereocenters. The van der Waals surface area contributed by atoms with E-state index in [0.717, 1.165) is 30.0 Å². The third-order valence-corrected chi connectivity index (χ3v) is 3.82. The lowest BCUT2D eigenvalue weighted by Crippen LogP contribution is -2.45. The lowest BCUT2D eigenvalue weighted by molar-refractivity contribution is -0.0707. The van der Waals surface area contributed by atoms with Crippen molar-refractivity contribution in [3.63, 3.8) is 0 Å². The van der Waals surface area contributed by atoms with Gasteiger partial charge in [-0.2, -0.15) is 0 Å². The summed E-state index contributed by atoms with van der Waals surface area (Å²) < 4.78 is 7.34. The summed E-state index contributed by atoms with van der Waals surface area (Å²) in [5.74, 6) is 0. The van der Waals surface area contributed by atoms with E-state index in [1.165, 1.54) is 0 Å². The lowest BCUT2D eigenvalue weighted by Gasteiger charge is -2.35. The Morgan fingerprint density at radius 3 is 2.76 bits per heavy atom. The first-order valence-corrected chi connectivity index (χ1v) is 7.38. The molecule has 112 valence electrons. The van der Waals surface area contributed by atoms with Gasteiger partial charge in [0.15, 0.2) is 0 Å². The Labute approximate surface area is 124 Å². The van der Waals surface area contributed by atoms with Crippen molar-refractivity contribution in [2.45, 2.75) is 39.5 Å². The fourth-order valence-corrected chi connectivity index (χ4v) is 3.03. The average Bonchev–Trinajstić information content (AvgIpc) is 2.39. The van der Waals surface area contributed by atoms with Crippen LogP contribution in [0.3, 0.4) is 0 Å². The minimum Gasteiger partial charge on any atom is -0.373 e. The third-order valence-electron chi connectivity index (χ3n) is 3.82. The van der Waals surface area contributed by atoms with Crippen LogP contribution in [0.5, 0.6) is 0 Å². The molecule has 1 fully saturated rings. The van der Waals surface area contributed by atoms with Gasteiger partial charge in [-0.05, 0) is 32.4 Å². The molecule has 1 aliphatic heterocycles. The quantitative estimate of drug-likeness (QED) is 0.842. The van der Waals surface area contributed by atoms with E-state index in [9.17, 15) is 4.79 Å². The molecular formula is C16H21N3O2. The molecule has 1 aliphatic rings. The molecule has 0 saturated carbocycles. The summed E-state index contributed by atoms with van der Waals surface area (Å²) in [6, 6.07) is 5.48. The lowest BCUT2D eigenvalue weighted by atomic mass is 10.2. The van der Waals surface area contributed by atoms with Gasteiger partial charge in [-0.1, -0.05) is 6.07 Å². The molecule has 0 spiro atoms. The topological polar surface area (TPSA) is 46.8 Å². The number of hydrogen-bond acceptors (Lipinski definition) is 4. The van der Waals surface area contributed by atoms with Gasteiger partial charge in [-0.3, -0.25) is 14.1 Å². The van der Waals surface area contributed by atoms with E-state index < -0.39 is 0 Å². The zero-order chi connectivity index (χ0) is 15.0. The average molecular weight is 287 g/mol. The number of morpholine rings is 1. The van der Waals surface area contributed by atoms with Crippen molar-refractivity contribution in [3.8, 4) is 0 Å². The van der Waals surface area contributed by atoms with Crippen LogP contribution in [0.15, 0.2) is 29.2 Å². The number of hydrogen-bond donors (Lipinski definition) is 0. The maximum atomic E-state index is 12.2. The maximum Gasteiger partial charge on any atom is 0.258 e. The van der Waals surface area contributed by atoms with Crippen LogP contribution in [0.1, 0.15) is 25.1 Å². The molecule has 0 aliphatic carbocycles. The fourth-order valence-electron chi connectivity index (χ4n) is 3.03. The molecule has 3 heterocycles. The number of aromatic nitrogens is 2. The summed E-state index contributed by atoms with van der Waals surface area (Å²) >= 11 is 0. The second-order valence-electron chi connectivity index (χ2n) is 5.92. The van der Waals surface area contributed by atoms with Crippen LogP contribution in [0.4, 0.5) is 0 Å². The van der Waals surface area contributed by atoms with E-state index >= 15 is 0 Å². The Balaban J connectivity index is 1.91. The summed E-state index contributed by atoms with van der Waals surface area (Å²) in [4.78, 5) is 19.2. The van der Waals surface area contributed by atoms with Gasteiger partial charge in [-0.15, -0.1) is 0 Å². The molecule has 2 atom stereocenters. The van der Waals surface area contributed by atoms with Crippen LogP contribution in [-0.4, -0.2) is 39.6 Å².